The van der Waals surface area contributed by atoms with E-state index < -0.39 is 0 Å². The molecular formula is C14H17N3S. The van der Waals surface area contributed by atoms with Gasteiger partial charge in [0.15, 0.2) is 5.16 Å². The fraction of sp³-hybridized carbons (Fsp3) is 0.286. The molecule has 2 aromatic rings. The number of nitrogens with zero attached hydrogens (tertiary/aromatic N) is 2. The average Bonchev–Trinajstić information content (AvgIpc) is 2.37. The normalized spacial score (nSPS) is 14.2. The first-order chi connectivity index (χ1) is 8.66. The lowest BCUT2D eigenvalue weighted by molar-refractivity contribution is 0.717. The summed E-state index contributed by atoms with van der Waals surface area (Å²) in [4.78, 5) is 8.49. The van der Waals surface area contributed by atoms with Crippen LogP contribution in [0.1, 0.15) is 23.3 Å². The highest BCUT2D eigenvalue weighted by molar-refractivity contribution is 7.99. The first-order valence-corrected chi connectivity index (χ1v) is 6.80. The summed E-state index contributed by atoms with van der Waals surface area (Å²) < 4.78 is 0. The van der Waals surface area contributed by atoms with Crippen molar-refractivity contribution in [2.75, 3.05) is 0 Å². The van der Waals surface area contributed by atoms with Gasteiger partial charge in [-0.3, -0.25) is 0 Å². The summed E-state index contributed by atoms with van der Waals surface area (Å²) in [5.74, 6) is 0. The van der Waals surface area contributed by atoms with E-state index in [9.17, 15) is 0 Å². The predicted octanol–water partition coefficient (Wildman–Crippen LogP) is 2.97. The summed E-state index contributed by atoms with van der Waals surface area (Å²) in [6.45, 7) is 4.11. The van der Waals surface area contributed by atoms with Gasteiger partial charge < -0.3 is 5.73 Å². The van der Waals surface area contributed by atoms with Crippen LogP contribution in [-0.4, -0.2) is 16.0 Å². The number of rotatable bonds is 4. The molecule has 0 aliphatic heterocycles. The molecule has 0 fully saturated rings. The highest BCUT2D eigenvalue weighted by Crippen LogP contribution is 2.35. The van der Waals surface area contributed by atoms with E-state index in [0.29, 0.717) is 0 Å². The molecular weight excluding hydrogens is 242 g/mol. The molecule has 18 heavy (non-hydrogen) atoms. The lowest BCUT2D eigenvalue weighted by Gasteiger charge is -2.20. The van der Waals surface area contributed by atoms with Crippen molar-refractivity contribution in [3.8, 4) is 0 Å². The Kier molecular flexibility index (Phi) is 4.33. The SMILES string of the molecule is Cc1cccc(C(Sc2ncccn2)C(C)N)c1. The summed E-state index contributed by atoms with van der Waals surface area (Å²) in [5.41, 5.74) is 8.56. The molecule has 2 unspecified atom stereocenters. The zero-order valence-corrected chi connectivity index (χ0v) is 11.4. The van der Waals surface area contributed by atoms with Gasteiger partial charge in [0.25, 0.3) is 0 Å². The van der Waals surface area contributed by atoms with Gasteiger partial charge in [0.1, 0.15) is 0 Å². The van der Waals surface area contributed by atoms with Crippen LogP contribution in [0.4, 0.5) is 0 Å². The van der Waals surface area contributed by atoms with Crippen molar-refractivity contribution in [1.29, 1.82) is 0 Å². The van der Waals surface area contributed by atoms with Gasteiger partial charge >= 0.3 is 0 Å². The zero-order chi connectivity index (χ0) is 13.0. The Morgan fingerprint density at radius 1 is 1.17 bits per heavy atom. The average molecular weight is 259 g/mol. The second kappa shape index (κ2) is 5.98. The van der Waals surface area contributed by atoms with E-state index >= 15 is 0 Å². The van der Waals surface area contributed by atoms with Gasteiger partial charge in [-0.05, 0) is 25.5 Å². The Bertz CT molecular complexity index is 499. The van der Waals surface area contributed by atoms with Crippen LogP contribution in [-0.2, 0) is 0 Å². The van der Waals surface area contributed by atoms with E-state index in [-0.39, 0.29) is 11.3 Å². The summed E-state index contributed by atoms with van der Waals surface area (Å²) >= 11 is 1.61. The predicted molar refractivity (Wildman–Crippen MR) is 75.5 cm³/mol. The molecule has 2 atom stereocenters. The molecule has 0 saturated carbocycles. The van der Waals surface area contributed by atoms with Gasteiger partial charge in [-0.15, -0.1) is 0 Å². The molecule has 0 radical (unpaired) electrons. The molecule has 2 N–H and O–H groups in total. The summed E-state index contributed by atoms with van der Waals surface area (Å²) in [5, 5.41) is 0.939. The smallest absolute Gasteiger partial charge is 0.188 e. The Balaban J connectivity index is 2.24. The number of hydrogen-bond acceptors (Lipinski definition) is 4. The van der Waals surface area contributed by atoms with Crippen molar-refractivity contribution in [3.63, 3.8) is 0 Å². The lowest BCUT2D eigenvalue weighted by Crippen LogP contribution is -2.22. The maximum absolute atomic E-state index is 6.09. The van der Waals surface area contributed by atoms with E-state index in [1.165, 1.54) is 11.1 Å². The Labute approximate surface area is 112 Å². The van der Waals surface area contributed by atoms with Crippen molar-refractivity contribution in [2.45, 2.75) is 30.3 Å². The van der Waals surface area contributed by atoms with Crippen molar-refractivity contribution in [2.24, 2.45) is 5.73 Å². The van der Waals surface area contributed by atoms with Crippen LogP contribution in [0, 0.1) is 6.92 Å². The van der Waals surface area contributed by atoms with Crippen LogP contribution in [0.2, 0.25) is 0 Å². The third-order valence-electron chi connectivity index (χ3n) is 2.62. The van der Waals surface area contributed by atoms with Gasteiger partial charge in [-0.25, -0.2) is 9.97 Å². The topological polar surface area (TPSA) is 51.8 Å². The van der Waals surface area contributed by atoms with E-state index in [1.807, 2.05) is 13.0 Å². The number of benzene rings is 1. The molecule has 0 aliphatic carbocycles. The van der Waals surface area contributed by atoms with Gasteiger partial charge in [0.2, 0.25) is 0 Å². The lowest BCUT2D eigenvalue weighted by atomic mass is 10.0. The highest BCUT2D eigenvalue weighted by Gasteiger charge is 2.19. The van der Waals surface area contributed by atoms with Gasteiger partial charge in [0, 0.05) is 18.4 Å². The molecule has 2 rings (SSSR count). The highest BCUT2D eigenvalue weighted by atomic mass is 32.2. The first-order valence-electron chi connectivity index (χ1n) is 5.92. The molecule has 0 aliphatic rings. The van der Waals surface area contributed by atoms with Crippen LogP contribution < -0.4 is 5.73 Å². The third-order valence-corrected chi connectivity index (χ3v) is 4.00. The van der Waals surface area contributed by atoms with Crippen molar-refractivity contribution < 1.29 is 0 Å². The second-order valence-electron chi connectivity index (χ2n) is 4.34. The molecule has 0 spiro atoms. The van der Waals surface area contributed by atoms with Crippen molar-refractivity contribution in [1.82, 2.24) is 9.97 Å². The van der Waals surface area contributed by atoms with Crippen LogP contribution in [0.15, 0.2) is 47.9 Å². The summed E-state index contributed by atoms with van der Waals surface area (Å²) in [6, 6.07) is 10.3. The standard InChI is InChI=1S/C14H17N3S/c1-10-5-3-6-12(9-10)13(11(2)15)18-14-16-7-4-8-17-14/h3-9,11,13H,15H2,1-2H3. The Morgan fingerprint density at radius 3 is 2.50 bits per heavy atom. The number of nitrogens with two attached hydrogens (primary N) is 1. The fourth-order valence-corrected chi connectivity index (χ4v) is 2.75. The molecule has 0 amide bonds. The number of aromatic nitrogens is 2. The number of thioether (sulfide) groups is 1. The number of aryl methyl sites for hydroxylation is 1. The van der Waals surface area contributed by atoms with Gasteiger partial charge in [0.05, 0.1) is 5.25 Å². The molecule has 1 aromatic heterocycles. The monoisotopic (exact) mass is 259 g/mol. The van der Waals surface area contributed by atoms with E-state index in [0.717, 1.165) is 5.16 Å². The molecule has 3 nitrogen and oxygen atoms in total. The van der Waals surface area contributed by atoms with Crippen molar-refractivity contribution in [3.05, 3.63) is 53.9 Å². The zero-order valence-electron chi connectivity index (χ0n) is 10.6. The molecule has 0 saturated heterocycles. The van der Waals surface area contributed by atoms with E-state index in [2.05, 4.69) is 41.2 Å². The van der Waals surface area contributed by atoms with Crippen LogP contribution >= 0.6 is 11.8 Å². The molecule has 0 bridgehead atoms. The quantitative estimate of drug-likeness (QED) is 0.677. The first kappa shape index (κ1) is 13.1. The summed E-state index contributed by atoms with van der Waals surface area (Å²) in [7, 11) is 0. The second-order valence-corrected chi connectivity index (χ2v) is 5.45. The van der Waals surface area contributed by atoms with E-state index in [4.69, 9.17) is 5.73 Å². The maximum Gasteiger partial charge on any atom is 0.188 e. The summed E-state index contributed by atoms with van der Waals surface area (Å²) in [6.07, 6.45) is 3.51. The molecule has 1 heterocycles. The number of hydrogen-bond donors (Lipinski definition) is 1. The van der Waals surface area contributed by atoms with Crippen LogP contribution in [0.25, 0.3) is 0 Å². The minimum Gasteiger partial charge on any atom is -0.327 e. The van der Waals surface area contributed by atoms with E-state index in [1.54, 1.807) is 24.2 Å². The molecule has 4 heteroatoms. The Hall–Kier alpha value is -1.39. The van der Waals surface area contributed by atoms with Crippen molar-refractivity contribution >= 4 is 11.8 Å². The minimum atomic E-state index is 0.0422. The largest absolute Gasteiger partial charge is 0.327 e. The maximum atomic E-state index is 6.09. The third kappa shape index (κ3) is 3.31. The van der Waals surface area contributed by atoms with Crippen LogP contribution in [0.5, 0.6) is 0 Å². The molecule has 1 aromatic carbocycles. The minimum absolute atomic E-state index is 0.0422. The van der Waals surface area contributed by atoms with Gasteiger partial charge in [-0.2, -0.15) is 0 Å². The van der Waals surface area contributed by atoms with Crippen LogP contribution in [0.3, 0.4) is 0 Å². The van der Waals surface area contributed by atoms with Gasteiger partial charge in [-0.1, -0.05) is 41.6 Å². The molecule has 94 valence electrons. The fourth-order valence-electron chi connectivity index (χ4n) is 1.79. The Morgan fingerprint density at radius 2 is 1.89 bits per heavy atom.